The summed E-state index contributed by atoms with van der Waals surface area (Å²) in [6, 6.07) is 2.11. The van der Waals surface area contributed by atoms with Gasteiger partial charge in [0.15, 0.2) is 0 Å². The van der Waals surface area contributed by atoms with E-state index >= 15 is 0 Å². The summed E-state index contributed by atoms with van der Waals surface area (Å²) >= 11 is 1.63. The van der Waals surface area contributed by atoms with Crippen LogP contribution in [0.25, 0.3) is 10.4 Å². The zero-order valence-corrected chi connectivity index (χ0v) is 14.3. The van der Waals surface area contributed by atoms with Crippen LogP contribution in [-0.4, -0.2) is 36.5 Å². The van der Waals surface area contributed by atoms with Crippen LogP contribution >= 0.6 is 11.3 Å². The van der Waals surface area contributed by atoms with Crippen molar-refractivity contribution in [3.05, 3.63) is 31.8 Å². The summed E-state index contributed by atoms with van der Waals surface area (Å²) in [5.41, 5.74) is 10.4. The zero-order valence-electron chi connectivity index (χ0n) is 13.5. The highest BCUT2D eigenvalue weighted by Gasteiger charge is 2.61. The molecule has 5 rings (SSSR count). The molecule has 2 aliphatic carbocycles. The van der Waals surface area contributed by atoms with Gasteiger partial charge in [-0.3, -0.25) is 4.79 Å². The summed E-state index contributed by atoms with van der Waals surface area (Å²) in [6.45, 7) is 2.95. The predicted octanol–water partition coefficient (Wildman–Crippen LogP) is 3.37. The number of fused-ring (bicyclic) bond motifs is 2. The highest BCUT2D eigenvalue weighted by atomic mass is 32.1. The number of likely N-dealkylation sites (tertiary alicyclic amines) is 1. The van der Waals surface area contributed by atoms with Crippen LogP contribution in [0.15, 0.2) is 11.2 Å². The van der Waals surface area contributed by atoms with Gasteiger partial charge in [0.1, 0.15) is 0 Å². The second kappa shape index (κ2) is 5.22. The van der Waals surface area contributed by atoms with E-state index in [1.165, 1.54) is 23.3 Å². The molecule has 4 aliphatic rings. The van der Waals surface area contributed by atoms with Gasteiger partial charge in [-0.05, 0) is 53.7 Å². The molecule has 0 unspecified atom stereocenters. The van der Waals surface area contributed by atoms with E-state index in [1.54, 1.807) is 11.3 Å². The molecule has 1 saturated heterocycles. The first-order valence-electron chi connectivity index (χ1n) is 8.73. The van der Waals surface area contributed by atoms with Gasteiger partial charge in [-0.15, -0.1) is 11.3 Å². The molecular weight excluding hydrogens is 324 g/mol. The Morgan fingerprint density at radius 3 is 3.08 bits per heavy atom. The van der Waals surface area contributed by atoms with Crippen molar-refractivity contribution in [2.24, 2.45) is 22.4 Å². The lowest BCUT2D eigenvalue weighted by Gasteiger charge is -2.22. The van der Waals surface area contributed by atoms with Crippen molar-refractivity contribution < 1.29 is 9.53 Å². The fourth-order valence-corrected chi connectivity index (χ4v) is 6.18. The van der Waals surface area contributed by atoms with Gasteiger partial charge in [0.25, 0.3) is 5.91 Å². The van der Waals surface area contributed by atoms with Gasteiger partial charge in [0, 0.05) is 35.3 Å². The average Bonchev–Trinajstić information content (AvgIpc) is 2.94. The van der Waals surface area contributed by atoms with E-state index in [9.17, 15) is 4.79 Å². The van der Waals surface area contributed by atoms with E-state index in [4.69, 9.17) is 10.3 Å². The highest BCUT2D eigenvalue weighted by molar-refractivity contribution is 7.14. The topological polar surface area (TPSA) is 78.3 Å². The van der Waals surface area contributed by atoms with Gasteiger partial charge in [-0.2, -0.15) is 0 Å². The molecule has 0 N–H and O–H groups in total. The molecule has 1 aromatic rings. The normalized spacial score (nSPS) is 32.3. The third-order valence-electron chi connectivity index (χ3n) is 6.39. The molecule has 6 nitrogen and oxygen atoms in total. The number of nitrogens with zero attached hydrogens (tertiary/aromatic N) is 4. The molecule has 1 spiro atoms. The zero-order chi connectivity index (χ0) is 16.3. The molecule has 3 atom stereocenters. The molecule has 3 heterocycles. The smallest absolute Gasteiger partial charge is 0.263 e. The SMILES string of the molecule is [N-]=[N+]=N[C@H]1[C@@H]2CN(C(=O)c3cc4c(s3)CCOC4)C[C@@H]2CC12CC2. The molecule has 7 heteroatoms. The summed E-state index contributed by atoms with van der Waals surface area (Å²) < 4.78 is 5.48. The maximum absolute atomic E-state index is 12.9. The van der Waals surface area contributed by atoms with Gasteiger partial charge in [-0.25, -0.2) is 0 Å². The van der Waals surface area contributed by atoms with E-state index < -0.39 is 0 Å². The number of rotatable bonds is 2. The van der Waals surface area contributed by atoms with Gasteiger partial charge in [-0.1, -0.05) is 5.11 Å². The highest BCUT2D eigenvalue weighted by Crippen LogP contribution is 2.64. The Morgan fingerprint density at radius 2 is 2.33 bits per heavy atom. The number of carbonyl (C=O) groups excluding carboxylic acids is 1. The Labute approximate surface area is 144 Å². The number of azide groups is 1. The van der Waals surface area contributed by atoms with E-state index in [2.05, 4.69) is 10.0 Å². The average molecular weight is 344 g/mol. The van der Waals surface area contributed by atoms with Gasteiger partial charge in [0.05, 0.1) is 18.1 Å². The van der Waals surface area contributed by atoms with Gasteiger partial charge in [0.2, 0.25) is 0 Å². The van der Waals surface area contributed by atoms with Gasteiger partial charge >= 0.3 is 0 Å². The number of ether oxygens (including phenoxy) is 1. The first-order chi connectivity index (χ1) is 11.7. The van der Waals surface area contributed by atoms with Crippen molar-refractivity contribution in [1.29, 1.82) is 0 Å². The molecule has 24 heavy (non-hydrogen) atoms. The van der Waals surface area contributed by atoms with Crippen LogP contribution in [0.5, 0.6) is 0 Å². The van der Waals surface area contributed by atoms with Crippen molar-refractivity contribution in [3.63, 3.8) is 0 Å². The Bertz CT molecular complexity index is 726. The van der Waals surface area contributed by atoms with Crippen LogP contribution in [0.2, 0.25) is 0 Å². The van der Waals surface area contributed by atoms with E-state index in [0.717, 1.165) is 37.4 Å². The molecular formula is C17H20N4O2S. The standard InChI is InChI=1S/C17H20N4O2S/c18-20-19-15-12-8-21(7-11(12)6-17(15)2-3-17)16(22)14-5-10-9-23-4-1-13(10)24-14/h5,11-12,15H,1-4,6-9H2/t11-,12+,15-/m0/s1. The summed E-state index contributed by atoms with van der Waals surface area (Å²) in [7, 11) is 0. The second-order valence-electron chi connectivity index (χ2n) is 7.71. The van der Waals surface area contributed by atoms with Crippen molar-refractivity contribution in [1.82, 2.24) is 4.90 Å². The molecule has 0 radical (unpaired) electrons. The molecule has 1 aromatic heterocycles. The Balaban J connectivity index is 1.35. The first kappa shape index (κ1) is 14.8. The van der Waals surface area contributed by atoms with E-state index in [1.807, 2.05) is 11.0 Å². The minimum Gasteiger partial charge on any atom is -0.376 e. The lowest BCUT2D eigenvalue weighted by atomic mass is 9.95. The van der Waals surface area contributed by atoms with Crippen LogP contribution in [-0.2, 0) is 17.8 Å². The van der Waals surface area contributed by atoms with Crippen LogP contribution in [0.4, 0.5) is 0 Å². The maximum atomic E-state index is 12.9. The van der Waals surface area contributed by atoms with Crippen LogP contribution < -0.4 is 0 Å². The Hall–Kier alpha value is -1.56. The Kier molecular flexibility index (Phi) is 3.21. The lowest BCUT2D eigenvalue weighted by Crippen LogP contribution is -2.32. The van der Waals surface area contributed by atoms with E-state index in [-0.39, 0.29) is 17.4 Å². The fourth-order valence-electron chi connectivity index (χ4n) is 5.07. The predicted molar refractivity (Wildman–Crippen MR) is 89.8 cm³/mol. The van der Waals surface area contributed by atoms with Crippen molar-refractivity contribution in [2.45, 2.75) is 38.3 Å². The molecule has 0 aromatic carbocycles. The molecule has 2 saturated carbocycles. The maximum Gasteiger partial charge on any atom is 0.263 e. The number of carbonyl (C=O) groups is 1. The minimum atomic E-state index is 0.0928. The van der Waals surface area contributed by atoms with Crippen molar-refractivity contribution in [2.75, 3.05) is 19.7 Å². The number of hydrogen-bond donors (Lipinski definition) is 0. The number of amides is 1. The summed E-state index contributed by atoms with van der Waals surface area (Å²) in [5, 5.41) is 4.13. The van der Waals surface area contributed by atoms with E-state index in [0.29, 0.717) is 18.4 Å². The molecule has 3 fully saturated rings. The number of thiophene rings is 1. The molecule has 126 valence electrons. The van der Waals surface area contributed by atoms with Crippen molar-refractivity contribution >= 4 is 17.2 Å². The third kappa shape index (κ3) is 2.11. The summed E-state index contributed by atoms with van der Waals surface area (Å²) in [6.07, 6.45) is 4.42. The number of hydrogen-bond acceptors (Lipinski definition) is 4. The molecule has 2 aliphatic heterocycles. The molecule has 0 bridgehead atoms. The van der Waals surface area contributed by atoms with Crippen LogP contribution in [0.1, 0.15) is 39.4 Å². The van der Waals surface area contributed by atoms with Crippen LogP contribution in [0, 0.1) is 17.3 Å². The van der Waals surface area contributed by atoms with Crippen molar-refractivity contribution in [3.8, 4) is 0 Å². The lowest BCUT2D eigenvalue weighted by molar-refractivity contribution is 0.0779. The second-order valence-corrected chi connectivity index (χ2v) is 8.85. The Morgan fingerprint density at radius 1 is 1.46 bits per heavy atom. The fraction of sp³-hybridized carbons (Fsp3) is 0.706. The monoisotopic (exact) mass is 344 g/mol. The first-order valence-corrected chi connectivity index (χ1v) is 9.55. The summed E-state index contributed by atoms with van der Waals surface area (Å²) in [5.74, 6) is 1.00. The quantitative estimate of drug-likeness (QED) is 0.468. The third-order valence-corrected chi connectivity index (χ3v) is 7.61. The largest absolute Gasteiger partial charge is 0.376 e. The van der Waals surface area contributed by atoms with Crippen LogP contribution in [0.3, 0.4) is 0 Å². The summed E-state index contributed by atoms with van der Waals surface area (Å²) in [4.78, 5) is 20.2. The minimum absolute atomic E-state index is 0.0928. The van der Waals surface area contributed by atoms with Gasteiger partial charge < -0.3 is 9.64 Å². The molecule has 1 amide bonds.